The number of hydrogen-bond acceptors (Lipinski definition) is 4. The summed E-state index contributed by atoms with van der Waals surface area (Å²) in [4.78, 5) is 18.6. The van der Waals surface area contributed by atoms with Gasteiger partial charge in [-0.25, -0.2) is 9.78 Å². The fraction of sp³-hybridized carbons (Fsp3) is 0.500. The molecule has 0 aromatic carbocycles. The number of pyridine rings is 1. The van der Waals surface area contributed by atoms with Gasteiger partial charge in [0.2, 0.25) is 0 Å². The zero-order valence-electron chi connectivity index (χ0n) is 10.4. The molecule has 0 radical (unpaired) electrons. The predicted octanol–water partition coefficient (Wildman–Crippen LogP) is 1.24. The van der Waals surface area contributed by atoms with E-state index in [9.17, 15) is 4.79 Å². The SMILES string of the molecule is CN(C(=O)O)C1CCCN(c2ccc(N)nc2)C1. The predicted molar refractivity (Wildman–Crippen MR) is 69.7 cm³/mol. The molecule has 98 valence electrons. The van der Waals surface area contributed by atoms with E-state index in [1.165, 1.54) is 4.90 Å². The van der Waals surface area contributed by atoms with E-state index in [-0.39, 0.29) is 6.04 Å². The van der Waals surface area contributed by atoms with Crippen molar-refractivity contribution < 1.29 is 9.90 Å². The monoisotopic (exact) mass is 250 g/mol. The Balaban J connectivity index is 2.06. The highest BCUT2D eigenvalue weighted by atomic mass is 16.4. The summed E-state index contributed by atoms with van der Waals surface area (Å²) in [5.74, 6) is 0.495. The molecule has 3 N–H and O–H groups in total. The molecule has 1 aromatic heterocycles. The number of nitrogens with two attached hydrogens (primary N) is 1. The number of carbonyl (C=O) groups is 1. The molecule has 2 rings (SSSR count). The Kier molecular flexibility index (Phi) is 3.55. The Labute approximate surface area is 106 Å². The van der Waals surface area contributed by atoms with Crippen LogP contribution in [0.1, 0.15) is 12.8 Å². The Morgan fingerprint density at radius 3 is 3.00 bits per heavy atom. The zero-order chi connectivity index (χ0) is 13.1. The molecule has 0 aliphatic carbocycles. The number of hydrogen-bond donors (Lipinski definition) is 2. The molecule has 1 unspecified atom stereocenters. The molecule has 1 aliphatic heterocycles. The quantitative estimate of drug-likeness (QED) is 0.825. The van der Waals surface area contributed by atoms with Crippen LogP contribution in [0.15, 0.2) is 18.3 Å². The molecule has 1 aromatic rings. The minimum absolute atomic E-state index is 0.0359. The third-order valence-corrected chi connectivity index (χ3v) is 3.38. The number of nitrogens with zero attached hydrogens (tertiary/aromatic N) is 3. The maximum Gasteiger partial charge on any atom is 0.407 e. The van der Waals surface area contributed by atoms with Crippen molar-refractivity contribution in [2.24, 2.45) is 0 Å². The molecule has 1 aliphatic rings. The number of anilines is 2. The highest BCUT2D eigenvalue weighted by molar-refractivity contribution is 5.65. The average Bonchev–Trinajstić information content (AvgIpc) is 2.38. The van der Waals surface area contributed by atoms with Crippen LogP contribution in [0.3, 0.4) is 0 Å². The number of rotatable bonds is 2. The second-order valence-corrected chi connectivity index (χ2v) is 4.58. The number of carboxylic acid groups (broad SMARTS) is 1. The molecular formula is C12H18N4O2. The van der Waals surface area contributed by atoms with Crippen molar-refractivity contribution in [1.29, 1.82) is 0 Å². The van der Waals surface area contributed by atoms with Crippen LogP contribution in [0, 0.1) is 0 Å². The molecule has 1 atom stereocenters. The molecule has 1 saturated heterocycles. The van der Waals surface area contributed by atoms with E-state index in [1.807, 2.05) is 6.07 Å². The van der Waals surface area contributed by atoms with Crippen molar-refractivity contribution in [2.75, 3.05) is 30.8 Å². The first-order valence-electron chi connectivity index (χ1n) is 6.00. The van der Waals surface area contributed by atoms with E-state index in [0.717, 1.165) is 25.1 Å². The van der Waals surface area contributed by atoms with Crippen molar-refractivity contribution in [3.05, 3.63) is 18.3 Å². The van der Waals surface area contributed by atoms with Crippen LogP contribution < -0.4 is 10.6 Å². The minimum Gasteiger partial charge on any atom is -0.465 e. The van der Waals surface area contributed by atoms with Crippen LogP contribution in [0.5, 0.6) is 0 Å². The second kappa shape index (κ2) is 5.12. The number of likely N-dealkylation sites (N-methyl/N-ethyl adjacent to an activating group) is 1. The minimum atomic E-state index is -0.878. The molecule has 18 heavy (non-hydrogen) atoms. The summed E-state index contributed by atoms with van der Waals surface area (Å²) in [6.45, 7) is 1.63. The van der Waals surface area contributed by atoms with Crippen LogP contribution in [0.2, 0.25) is 0 Å². The van der Waals surface area contributed by atoms with E-state index in [0.29, 0.717) is 12.4 Å². The molecule has 1 amide bonds. The lowest BCUT2D eigenvalue weighted by molar-refractivity contribution is 0.133. The summed E-state index contributed by atoms with van der Waals surface area (Å²) in [6, 6.07) is 3.72. The molecule has 6 heteroatoms. The third-order valence-electron chi connectivity index (χ3n) is 3.38. The van der Waals surface area contributed by atoms with Crippen molar-refractivity contribution in [1.82, 2.24) is 9.88 Å². The Morgan fingerprint density at radius 2 is 2.39 bits per heavy atom. The first-order chi connectivity index (χ1) is 8.58. The average molecular weight is 250 g/mol. The number of amides is 1. The van der Waals surface area contributed by atoms with Gasteiger partial charge >= 0.3 is 6.09 Å². The Bertz CT molecular complexity index is 421. The van der Waals surface area contributed by atoms with Gasteiger partial charge in [0, 0.05) is 20.1 Å². The van der Waals surface area contributed by atoms with Gasteiger partial charge in [0.25, 0.3) is 0 Å². The van der Waals surface area contributed by atoms with Crippen LogP contribution in [-0.4, -0.2) is 47.3 Å². The summed E-state index contributed by atoms with van der Waals surface area (Å²) in [5.41, 5.74) is 6.55. The second-order valence-electron chi connectivity index (χ2n) is 4.58. The first kappa shape index (κ1) is 12.5. The maximum atomic E-state index is 11.0. The van der Waals surface area contributed by atoms with E-state index in [2.05, 4.69) is 9.88 Å². The summed E-state index contributed by atoms with van der Waals surface area (Å²) in [7, 11) is 1.62. The molecule has 0 saturated carbocycles. The zero-order valence-corrected chi connectivity index (χ0v) is 10.4. The van der Waals surface area contributed by atoms with Gasteiger partial charge in [-0.1, -0.05) is 0 Å². The van der Waals surface area contributed by atoms with Crippen LogP contribution in [-0.2, 0) is 0 Å². The molecule has 0 bridgehead atoms. The Morgan fingerprint density at radius 1 is 1.61 bits per heavy atom. The van der Waals surface area contributed by atoms with Gasteiger partial charge in [0.05, 0.1) is 17.9 Å². The van der Waals surface area contributed by atoms with Gasteiger partial charge in [-0.05, 0) is 25.0 Å². The normalized spacial score (nSPS) is 19.6. The van der Waals surface area contributed by atoms with Crippen molar-refractivity contribution in [2.45, 2.75) is 18.9 Å². The van der Waals surface area contributed by atoms with Gasteiger partial charge in [0.15, 0.2) is 0 Å². The summed E-state index contributed by atoms with van der Waals surface area (Å²) < 4.78 is 0. The molecule has 2 heterocycles. The smallest absolute Gasteiger partial charge is 0.407 e. The highest BCUT2D eigenvalue weighted by Gasteiger charge is 2.25. The standard InChI is InChI=1S/C12H18N4O2/c1-15(12(17)18)10-3-2-6-16(8-10)9-4-5-11(13)14-7-9/h4-5,7,10H,2-3,6,8H2,1H3,(H2,13,14)(H,17,18). The summed E-state index contributed by atoms with van der Waals surface area (Å²) >= 11 is 0. The van der Waals surface area contributed by atoms with Crippen LogP contribution >= 0.6 is 0 Å². The number of piperidine rings is 1. The fourth-order valence-corrected chi connectivity index (χ4v) is 2.25. The lowest BCUT2D eigenvalue weighted by atomic mass is 10.0. The molecule has 0 spiro atoms. The van der Waals surface area contributed by atoms with E-state index in [1.54, 1.807) is 19.3 Å². The van der Waals surface area contributed by atoms with Gasteiger partial charge in [0.1, 0.15) is 5.82 Å². The summed E-state index contributed by atoms with van der Waals surface area (Å²) in [6.07, 6.45) is 2.74. The lowest BCUT2D eigenvalue weighted by Gasteiger charge is -2.37. The van der Waals surface area contributed by atoms with Gasteiger partial charge in [-0.2, -0.15) is 0 Å². The first-order valence-corrected chi connectivity index (χ1v) is 6.00. The van der Waals surface area contributed by atoms with E-state index < -0.39 is 6.09 Å². The molecule has 6 nitrogen and oxygen atoms in total. The molecular weight excluding hydrogens is 232 g/mol. The van der Waals surface area contributed by atoms with Crippen molar-refractivity contribution >= 4 is 17.6 Å². The lowest BCUT2D eigenvalue weighted by Crippen LogP contribution is -2.48. The van der Waals surface area contributed by atoms with Gasteiger partial charge in [-0.3, -0.25) is 0 Å². The van der Waals surface area contributed by atoms with Crippen LogP contribution in [0.4, 0.5) is 16.3 Å². The third kappa shape index (κ3) is 2.64. The summed E-state index contributed by atoms with van der Waals surface area (Å²) in [5, 5.41) is 9.01. The van der Waals surface area contributed by atoms with Crippen molar-refractivity contribution in [3.8, 4) is 0 Å². The van der Waals surface area contributed by atoms with Gasteiger partial charge in [-0.15, -0.1) is 0 Å². The van der Waals surface area contributed by atoms with Crippen molar-refractivity contribution in [3.63, 3.8) is 0 Å². The number of aromatic nitrogens is 1. The highest BCUT2D eigenvalue weighted by Crippen LogP contribution is 2.21. The molecule has 1 fully saturated rings. The van der Waals surface area contributed by atoms with E-state index >= 15 is 0 Å². The topological polar surface area (TPSA) is 82.7 Å². The maximum absolute atomic E-state index is 11.0. The Hall–Kier alpha value is -1.98. The van der Waals surface area contributed by atoms with Crippen LogP contribution in [0.25, 0.3) is 0 Å². The van der Waals surface area contributed by atoms with Gasteiger partial charge < -0.3 is 20.6 Å². The van der Waals surface area contributed by atoms with E-state index in [4.69, 9.17) is 10.8 Å². The number of nitrogen functional groups attached to an aromatic ring is 1. The largest absolute Gasteiger partial charge is 0.465 e. The fourth-order valence-electron chi connectivity index (χ4n) is 2.25.